The number of fused-ring (bicyclic) bond motifs is 1. The molecule has 6 rings (SSSR count). The highest BCUT2D eigenvalue weighted by molar-refractivity contribution is 5.91. The van der Waals surface area contributed by atoms with Gasteiger partial charge in [-0.3, -0.25) is 9.69 Å². The lowest BCUT2D eigenvalue weighted by Gasteiger charge is -2.37. The lowest BCUT2D eigenvalue weighted by atomic mass is 10.0. The summed E-state index contributed by atoms with van der Waals surface area (Å²) in [5.41, 5.74) is 2.33. The first-order chi connectivity index (χ1) is 17.7. The molecule has 1 aromatic heterocycles. The Labute approximate surface area is 210 Å². The van der Waals surface area contributed by atoms with Crippen LogP contribution in [-0.2, 0) is 29.1 Å². The molecular formula is C28H30N2O6. The molecule has 3 aromatic rings. The van der Waals surface area contributed by atoms with Gasteiger partial charge in [0, 0.05) is 39.0 Å². The maximum absolute atomic E-state index is 13.1. The average molecular weight is 491 g/mol. The van der Waals surface area contributed by atoms with Gasteiger partial charge in [-0.1, -0.05) is 36.4 Å². The molecule has 0 saturated carbocycles. The number of likely N-dealkylation sites (tertiary alicyclic amines) is 1. The van der Waals surface area contributed by atoms with Gasteiger partial charge in [-0.05, 0) is 35.4 Å². The number of hydrogen-bond donors (Lipinski definition) is 0. The Morgan fingerprint density at radius 1 is 0.833 bits per heavy atom. The number of amides is 1. The van der Waals surface area contributed by atoms with Crippen molar-refractivity contribution < 1.29 is 28.2 Å². The summed E-state index contributed by atoms with van der Waals surface area (Å²) in [4.78, 5) is 17.2. The van der Waals surface area contributed by atoms with Gasteiger partial charge in [0.15, 0.2) is 23.0 Å². The summed E-state index contributed by atoms with van der Waals surface area (Å²) >= 11 is 0. The first kappa shape index (κ1) is 23.1. The van der Waals surface area contributed by atoms with Crippen LogP contribution in [0.15, 0.2) is 65.1 Å². The van der Waals surface area contributed by atoms with Gasteiger partial charge < -0.3 is 28.3 Å². The number of hydrogen-bond acceptors (Lipinski definition) is 7. The highest BCUT2D eigenvalue weighted by Crippen LogP contribution is 2.34. The fourth-order valence-electron chi connectivity index (χ4n) is 5.10. The van der Waals surface area contributed by atoms with Gasteiger partial charge >= 0.3 is 0 Å². The average Bonchev–Trinajstić information content (AvgIpc) is 3.66. The van der Waals surface area contributed by atoms with Crippen LogP contribution >= 0.6 is 0 Å². The van der Waals surface area contributed by atoms with Crippen LogP contribution in [0.2, 0.25) is 0 Å². The highest BCUT2D eigenvalue weighted by Gasteiger charge is 2.41. The van der Waals surface area contributed by atoms with Crippen LogP contribution in [0.1, 0.15) is 40.3 Å². The molecule has 3 aliphatic rings. The number of benzene rings is 2. The number of ether oxygens (including phenoxy) is 4. The second-order valence-electron chi connectivity index (χ2n) is 9.48. The molecule has 0 radical (unpaired) electrons. The summed E-state index contributed by atoms with van der Waals surface area (Å²) in [5, 5.41) is 0. The molecule has 0 aliphatic carbocycles. The van der Waals surface area contributed by atoms with Gasteiger partial charge in [0.2, 0.25) is 6.79 Å². The third-order valence-corrected chi connectivity index (χ3v) is 6.97. The maximum Gasteiger partial charge on any atom is 0.289 e. The van der Waals surface area contributed by atoms with Crippen molar-refractivity contribution in [2.24, 2.45) is 0 Å². The third kappa shape index (κ3) is 4.97. The minimum absolute atomic E-state index is 0.0838. The summed E-state index contributed by atoms with van der Waals surface area (Å²) in [7, 11) is 0. The molecule has 0 N–H and O–H groups in total. The molecule has 36 heavy (non-hydrogen) atoms. The normalized spacial score (nSPS) is 18.3. The van der Waals surface area contributed by atoms with Gasteiger partial charge in [-0.15, -0.1) is 0 Å². The molecule has 2 aromatic carbocycles. The minimum atomic E-state index is -0.502. The Morgan fingerprint density at radius 2 is 1.58 bits per heavy atom. The Hall–Kier alpha value is -3.33. The van der Waals surface area contributed by atoms with Crippen LogP contribution in [0.25, 0.3) is 0 Å². The predicted octanol–water partition coefficient (Wildman–Crippen LogP) is 4.19. The lowest BCUT2D eigenvalue weighted by Crippen LogP contribution is -2.47. The van der Waals surface area contributed by atoms with Crippen molar-refractivity contribution >= 4 is 5.91 Å². The van der Waals surface area contributed by atoms with Crippen molar-refractivity contribution in [3.05, 3.63) is 83.3 Å². The number of piperidine rings is 1. The van der Waals surface area contributed by atoms with E-state index in [9.17, 15) is 4.79 Å². The van der Waals surface area contributed by atoms with Crippen molar-refractivity contribution in [1.29, 1.82) is 0 Å². The molecule has 2 fully saturated rings. The van der Waals surface area contributed by atoms with Gasteiger partial charge in [0.25, 0.3) is 5.91 Å². The largest absolute Gasteiger partial charge is 0.455 e. The standard InChI is InChI=1S/C28H30N2O6/c31-27(30-12-10-28(11-13-30)34-14-15-35-28)25-9-7-23(36-25)19-29(17-21-4-2-1-3-5-21)18-22-6-8-24-26(16-22)33-20-32-24/h1-9,16H,10-15,17-20H2. The maximum atomic E-state index is 13.1. The van der Waals surface area contributed by atoms with Crippen LogP contribution in [0.3, 0.4) is 0 Å². The van der Waals surface area contributed by atoms with Crippen LogP contribution in [0.4, 0.5) is 0 Å². The predicted molar refractivity (Wildman–Crippen MR) is 130 cm³/mol. The fourth-order valence-corrected chi connectivity index (χ4v) is 5.10. The van der Waals surface area contributed by atoms with Crippen molar-refractivity contribution in [1.82, 2.24) is 9.80 Å². The van der Waals surface area contributed by atoms with E-state index in [0.717, 1.165) is 29.4 Å². The van der Waals surface area contributed by atoms with Crippen molar-refractivity contribution in [3.63, 3.8) is 0 Å². The highest BCUT2D eigenvalue weighted by atomic mass is 16.7. The molecule has 0 bridgehead atoms. The second-order valence-corrected chi connectivity index (χ2v) is 9.48. The van der Waals surface area contributed by atoms with Gasteiger partial charge in [0.05, 0.1) is 19.8 Å². The van der Waals surface area contributed by atoms with Gasteiger partial charge in [-0.25, -0.2) is 0 Å². The van der Waals surface area contributed by atoms with Crippen LogP contribution in [-0.4, -0.2) is 54.6 Å². The van der Waals surface area contributed by atoms with E-state index in [4.69, 9.17) is 23.4 Å². The molecule has 4 heterocycles. The van der Waals surface area contributed by atoms with Gasteiger partial charge in [-0.2, -0.15) is 0 Å². The Balaban J connectivity index is 1.14. The van der Waals surface area contributed by atoms with Crippen molar-refractivity contribution in [2.75, 3.05) is 33.1 Å². The Morgan fingerprint density at radius 3 is 2.39 bits per heavy atom. The monoisotopic (exact) mass is 490 g/mol. The molecule has 0 atom stereocenters. The van der Waals surface area contributed by atoms with E-state index in [0.29, 0.717) is 58.0 Å². The van der Waals surface area contributed by atoms with E-state index < -0.39 is 5.79 Å². The van der Waals surface area contributed by atoms with E-state index in [-0.39, 0.29) is 12.7 Å². The van der Waals surface area contributed by atoms with Crippen LogP contribution in [0, 0.1) is 0 Å². The number of furan rings is 1. The fraction of sp³-hybridized carbons (Fsp3) is 0.393. The van der Waals surface area contributed by atoms with Crippen LogP contribution in [0.5, 0.6) is 11.5 Å². The third-order valence-electron chi connectivity index (χ3n) is 6.97. The van der Waals surface area contributed by atoms with E-state index >= 15 is 0 Å². The zero-order valence-electron chi connectivity index (χ0n) is 20.2. The molecule has 8 nitrogen and oxygen atoms in total. The second kappa shape index (κ2) is 9.97. The molecular weight excluding hydrogens is 460 g/mol. The Bertz CT molecular complexity index is 1190. The first-order valence-electron chi connectivity index (χ1n) is 12.5. The van der Waals surface area contributed by atoms with Crippen molar-refractivity contribution in [3.8, 4) is 11.5 Å². The molecule has 8 heteroatoms. The number of carbonyl (C=O) groups is 1. The van der Waals surface area contributed by atoms with E-state index in [1.54, 1.807) is 6.07 Å². The van der Waals surface area contributed by atoms with Crippen molar-refractivity contribution in [2.45, 2.75) is 38.3 Å². The molecule has 3 aliphatic heterocycles. The minimum Gasteiger partial charge on any atom is -0.455 e. The summed E-state index contributed by atoms with van der Waals surface area (Å²) in [6.07, 6.45) is 1.37. The topological polar surface area (TPSA) is 73.6 Å². The number of nitrogens with zero attached hydrogens (tertiary/aromatic N) is 2. The molecule has 1 amide bonds. The number of rotatable bonds is 7. The number of carbonyl (C=O) groups excluding carboxylic acids is 1. The smallest absolute Gasteiger partial charge is 0.289 e. The molecule has 1 spiro atoms. The SMILES string of the molecule is O=C(c1ccc(CN(Cc2ccccc2)Cc2ccc3c(c2)OCO3)o1)N1CCC2(CC1)OCCO2. The lowest BCUT2D eigenvalue weighted by molar-refractivity contribution is -0.181. The van der Waals surface area contributed by atoms with Gasteiger partial charge in [0.1, 0.15) is 5.76 Å². The Kier molecular flexibility index (Phi) is 6.39. The summed E-state index contributed by atoms with van der Waals surface area (Å²) in [6.45, 7) is 4.72. The molecule has 188 valence electrons. The van der Waals surface area contributed by atoms with E-state index in [1.807, 2.05) is 41.3 Å². The zero-order valence-corrected chi connectivity index (χ0v) is 20.2. The first-order valence-corrected chi connectivity index (χ1v) is 12.5. The van der Waals surface area contributed by atoms with Crippen LogP contribution < -0.4 is 9.47 Å². The molecule has 0 unspecified atom stereocenters. The summed E-state index contributed by atoms with van der Waals surface area (Å²) in [5.74, 6) is 2.09. The summed E-state index contributed by atoms with van der Waals surface area (Å²) < 4.78 is 28.6. The summed E-state index contributed by atoms with van der Waals surface area (Å²) in [6, 6.07) is 20.1. The van der Waals surface area contributed by atoms with E-state index in [1.165, 1.54) is 5.56 Å². The zero-order chi connectivity index (χ0) is 24.4. The van der Waals surface area contributed by atoms with E-state index in [2.05, 4.69) is 23.1 Å². The molecule has 2 saturated heterocycles. The quantitative estimate of drug-likeness (QED) is 0.492.